The van der Waals surface area contributed by atoms with Gasteiger partial charge in [-0.1, -0.05) is 84.9 Å². The van der Waals surface area contributed by atoms with E-state index in [4.69, 9.17) is 8.83 Å². The van der Waals surface area contributed by atoms with Gasteiger partial charge in [0.05, 0.1) is 6.26 Å². The standard InChI is InChI=1S/C40H22O2S/c1-3-10-28-26(8-1)38(24-16-17-25-32-22-33-23(18-19-41-33)20-35(32)42-34(25)21-24)27-9-2-4-11-29(27)39(28)31-13-7-15-37-40(31)30-12-5-6-14-36(30)43-37/h1-22H. The number of fused-ring (bicyclic) bond motifs is 9. The molecule has 0 unspecified atom stereocenters. The van der Waals surface area contributed by atoms with Gasteiger partial charge < -0.3 is 8.83 Å². The number of furan rings is 2. The van der Waals surface area contributed by atoms with Crippen LogP contribution < -0.4 is 0 Å². The van der Waals surface area contributed by atoms with Crippen molar-refractivity contribution >= 4 is 86.0 Å². The Morgan fingerprint density at radius 3 is 1.91 bits per heavy atom. The van der Waals surface area contributed by atoms with Crippen LogP contribution in [0.4, 0.5) is 0 Å². The summed E-state index contributed by atoms with van der Waals surface area (Å²) in [5.74, 6) is 0. The van der Waals surface area contributed by atoms with E-state index in [1.807, 2.05) is 17.4 Å². The van der Waals surface area contributed by atoms with E-state index in [9.17, 15) is 0 Å². The quantitative estimate of drug-likeness (QED) is 0.195. The van der Waals surface area contributed by atoms with Crippen LogP contribution in [0.2, 0.25) is 0 Å². The third-order valence-corrected chi connectivity index (χ3v) is 10.1. The number of hydrogen-bond donors (Lipinski definition) is 0. The third-order valence-electron chi connectivity index (χ3n) is 8.94. The molecular weight excluding hydrogens is 545 g/mol. The van der Waals surface area contributed by atoms with Crippen LogP contribution in [0.5, 0.6) is 0 Å². The van der Waals surface area contributed by atoms with Crippen LogP contribution in [-0.2, 0) is 0 Å². The Kier molecular flexibility index (Phi) is 4.63. The van der Waals surface area contributed by atoms with E-state index >= 15 is 0 Å². The summed E-state index contributed by atoms with van der Waals surface area (Å²) >= 11 is 1.87. The summed E-state index contributed by atoms with van der Waals surface area (Å²) in [4.78, 5) is 0. The molecule has 0 radical (unpaired) electrons. The summed E-state index contributed by atoms with van der Waals surface area (Å²) < 4.78 is 14.8. The zero-order chi connectivity index (χ0) is 28.1. The first kappa shape index (κ1) is 23.2. The van der Waals surface area contributed by atoms with Crippen molar-refractivity contribution in [2.45, 2.75) is 0 Å². The molecule has 0 amide bonds. The van der Waals surface area contributed by atoms with Crippen molar-refractivity contribution in [2.24, 2.45) is 0 Å². The molecule has 43 heavy (non-hydrogen) atoms. The van der Waals surface area contributed by atoms with Gasteiger partial charge in [-0.05, 0) is 86.3 Å². The molecule has 3 aromatic heterocycles. The van der Waals surface area contributed by atoms with Gasteiger partial charge in [0.1, 0.15) is 16.7 Å². The first-order valence-electron chi connectivity index (χ1n) is 14.5. The first-order chi connectivity index (χ1) is 21.3. The van der Waals surface area contributed by atoms with E-state index < -0.39 is 0 Å². The maximum Gasteiger partial charge on any atom is 0.136 e. The maximum atomic E-state index is 6.45. The molecule has 0 aliphatic rings. The SMILES string of the molecule is c1ccc2c(c1)sc1cccc(-c3c4ccccc4c(-c4ccc5c(c4)oc4cc6ccoc6cc45)c4ccccc34)c12. The monoisotopic (exact) mass is 566 g/mol. The molecule has 0 saturated heterocycles. The largest absolute Gasteiger partial charge is 0.464 e. The molecule has 0 aliphatic heterocycles. The number of benzene rings is 7. The molecule has 0 fully saturated rings. The Bertz CT molecular complexity index is 2680. The highest BCUT2D eigenvalue weighted by Gasteiger charge is 2.20. The van der Waals surface area contributed by atoms with Crippen molar-refractivity contribution in [1.29, 1.82) is 0 Å². The predicted octanol–water partition coefficient (Wildman–Crippen LogP) is 12.3. The molecule has 0 spiro atoms. The summed E-state index contributed by atoms with van der Waals surface area (Å²) in [7, 11) is 0. The van der Waals surface area contributed by atoms with E-state index in [1.54, 1.807) is 6.26 Å². The number of rotatable bonds is 2. The van der Waals surface area contributed by atoms with Crippen molar-refractivity contribution in [3.63, 3.8) is 0 Å². The van der Waals surface area contributed by atoms with Gasteiger partial charge in [0.2, 0.25) is 0 Å². The average molecular weight is 567 g/mol. The second-order valence-corrected chi connectivity index (χ2v) is 12.3. The molecule has 0 saturated carbocycles. The Morgan fingerprint density at radius 2 is 1.12 bits per heavy atom. The zero-order valence-corrected chi connectivity index (χ0v) is 23.7. The van der Waals surface area contributed by atoms with Gasteiger partial charge in [-0.2, -0.15) is 0 Å². The van der Waals surface area contributed by atoms with Gasteiger partial charge >= 0.3 is 0 Å². The Hall–Kier alpha value is -5.38. The lowest BCUT2D eigenvalue weighted by Crippen LogP contribution is -1.91. The second-order valence-electron chi connectivity index (χ2n) is 11.2. The number of thiophene rings is 1. The minimum Gasteiger partial charge on any atom is -0.464 e. The van der Waals surface area contributed by atoms with E-state index in [2.05, 4.69) is 121 Å². The smallest absolute Gasteiger partial charge is 0.136 e. The molecule has 0 N–H and O–H groups in total. The molecule has 7 aromatic carbocycles. The van der Waals surface area contributed by atoms with Crippen LogP contribution in [0, 0.1) is 0 Å². The van der Waals surface area contributed by atoms with Gasteiger partial charge in [-0.25, -0.2) is 0 Å². The average Bonchev–Trinajstić information content (AvgIpc) is 3.76. The highest BCUT2D eigenvalue weighted by atomic mass is 32.1. The minimum absolute atomic E-state index is 0.875. The summed E-state index contributed by atoms with van der Waals surface area (Å²) in [6.45, 7) is 0. The van der Waals surface area contributed by atoms with E-state index in [0.29, 0.717) is 0 Å². The molecular formula is C40H22O2S. The third kappa shape index (κ3) is 3.23. The van der Waals surface area contributed by atoms with Crippen LogP contribution in [0.15, 0.2) is 142 Å². The highest BCUT2D eigenvalue weighted by Crippen LogP contribution is 2.48. The molecule has 10 rings (SSSR count). The van der Waals surface area contributed by atoms with Crippen molar-refractivity contribution in [3.05, 3.63) is 134 Å². The lowest BCUT2D eigenvalue weighted by atomic mass is 9.85. The van der Waals surface area contributed by atoms with Crippen LogP contribution in [0.3, 0.4) is 0 Å². The minimum atomic E-state index is 0.875. The van der Waals surface area contributed by atoms with Gasteiger partial charge in [0, 0.05) is 36.3 Å². The van der Waals surface area contributed by atoms with Crippen LogP contribution in [0.25, 0.3) is 96.9 Å². The molecule has 200 valence electrons. The van der Waals surface area contributed by atoms with Crippen molar-refractivity contribution < 1.29 is 8.83 Å². The normalized spacial score (nSPS) is 12.2. The van der Waals surface area contributed by atoms with Gasteiger partial charge in [0.25, 0.3) is 0 Å². The van der Waals surface area contributed by atoms with Crippen LogP contribution >= 0.6 is 11.3 Å². The van der Waals surface area contributed by atoms with Gasteiger partial charge in [-0.15, -0.1) is 11.3 Å². The molecule has 10 aromatic rings. The molecule has 2 nitrogen and oxygen atoms in total. The van der Waals surface area contributed by atoms with Crippen LogP contribution in [-0.4, -0.2) is 0 Å². The number of hydrogen-bond acceptors (Lipinski definition) is 3. The van der Waals surface area contributed by atoms with Gasteiger partial charge in [-0.3, -0.25) is 0 Å². The molecule has 3 heteroatoms. The molecule has 0 aliphatic carbocycles. The lowest BCUT2D eigenvalue weighted by molar-refractivity contribution is 0.616. The van der Waals surface area contributed by atoms with Crippen molar-refractivity contribution in [2.75, 3.05) is 0 Å². The fourth-order valence-electron chi connectivity index (χ4n) is 7.10. The highest BCUT2D eigenvalue weighted by molar-refractivity contribution is 7.25. The van der Waals surface area contributed by atoms with E-state index in [0.717, 1.165) is 38.5 Å². The van der Waals surface area contributed by atoms with Crippen molar-refractivity contribution in [1.82, 2.24) is 0 Å². The Morgan fingerprint density at radius 1 is 0.442 bits per heavy atom. The zero-order valence-electron chi connectivity index (χ0n) is 22.9. The summed E-state index contributed by atoms with van der Waals surface area (Å²) in [6.07, 6.45) is 1.73. The fraction of sp³-hybridized carbons (Fsp3) is 0. The Labute approximate surface area is 250 Å². The summed E-state index contributed by atoms with van der Waals surface area (Å²) in [5.41, 5.74) is 7.58. The topological polar surface area (TPSA) is 26.3 Å². The summed E-state index contributed by atoms with van der Waals surface area (Å²) in [6, 6.07) is 46.0. The molecule has 0 bridgehead atoms. The van der Waals surface area contributed by atoms with E-state index in [1.165, 1.54) is 58.4 Å². The molecule has 0 atom stereocenters. The van der Waals surface area contributed by atoms with E-state index in [-0.39, 0.29) is 0 Å². The lowest BCUT2D eigenvalue weighted by Gasteiger charge is -2.18. The molecule has 3 heterocycles. The first-order valence-corrected chi connectivity index (χ1v) is 15.3. The Balaban J connectivity index is 1.30. The predicted molar refractivity (Wildman–Crippen MR) is 182 cm³/mol. The van der Waals surface area contributed by atoms with Crippen molar-refractivity contribution in [3.8, 4) is 22.3 Å². The van der Waals surface area contributed by atoms with Gasteiger partial charge in [0.15, 0.2) is 0 Å². The summed E-state index contributed by atoms with van der Waals surface area (Å²) in [5, 5.41) is 10.9. The fourth-order valence-corrected chi connectivity index (χ4v) is 8.23. The maximum absolute atomic E-state index is 6.45. The van der Waals surface area contributed by atoms with Crippen LogP contribution in [0.1, 0.15) is 0 Å². The second kappa shape index (κ2) is 8.57.